The van der Waals surface area contributed by atoms with E-state index in [1.165, 1.54) is 0 Å². The molecule has 7 rings (SSSR count). The molecular weight excluding hydrogens is 470 g/mol. The van der Waals surface area contributed by atoms with Crippen LogP contribution >= 0.6 is 0 Å². The van der Waals surface area contributed by atoms with E-state index in [4.69, 9.17) is 9.26 Å². The van der Waals surface area contributed by atoms with Crippen LogP contribution in [0.3, 0.4) is 0 Å². The maximum atomic E-state index is 13.4. The summed E-state index contributed by atoms with van der Waals surface area (Å²) < 4.78 is 11.4. The Morgan fingerprint density at radius 1 is 1.05 bits per heavy atom. The van der Waals surface area contributed by atoms with Crippen molar-refractivity contribution in [1.82, 2.24) is 15.4 Å². The van der Waals surface area contributed by atoms with Gasteiger partial charge in [0.05, 0.1) is 5.69 Å². The molecule has 4 aliphatic heterocycles. The van der Waals surface area contributed by atoms with Crippen LogP contribution in [-0.4, -0.2) is 73.8 Å². The lowest BCUT2D eigenvalue weighted by Gasteiger charge is -2.33. The van der Waals surface area contributed by atoms with Crippen LogP contribution in [0.4, 0.5) is 11.4 Å². The first kappa shape index (κ1) is 23.5. The van der Waals surface area contributed by atoms with Gasteiger partial charge in [-0.2, -0.15) is 0 Å². The first-order valence-corrected chi connectivity index (χ1v) is 12.9. The van der Waals surface area contributed by atoms with Crippen molar-refractivity contribution < 1.29 is 18.8 Å². The minimum atomic E-state index is -0.843. The first-order valence-electron chi connectivity index (χ1n) is 12.9. The number of piperidine rings is 1. The average molecular weight is 502 g/mol. The molecule has 1 N–H and O–H groups in total. The van der Waals surface area contributed by atoms with E-state index in [1.54, 1.807) is 18.0 Å². The molecule has 9 nitrogen and oxygen atoms in total. The minimum absolute atomic E-state index is 0.0390. The van der Waals surface area contributed by atoms with Crippen molar-refractivity contribution in [3.05, 3.63) is 71.6 Å². The summed E-state index contributed by atoms with van der Waals surface area (Å²) in [5, 5.41) is 6.69. The van der Waals surface area contributed by atoms with Crippen LogP contribution in [0.25, 0.3) is 0 Å². The number of hydrogen-bond donors (Lipinski definition) is 1. The highest BCUT2D eigenvalue weighted by atomic mass is 16.5. The van der Waals surface area contributed by atoms with Crippen LogP contribution in [-0.2, 0) is 11.2 Å². The largest absolute Gasteiger partial charge is 0.489 e. The van der Waals surface area contributed by atoms with Crippen LogP contribution in [0.15, 0.2) is 59.1 Å². The molecule has 9 heteroatoms. The second-order valence-corrected chi connectivity index (χ2v) is 9.99. The SMILES string of the molecule is CN1C(=O)[C@H](NC(=O)c2cc(Cc3ccccc3)on2)COc2ccc(N3CCN4CCC3CC4)cc21. The second-order valence-electron chi connectivity index (χ2n) is 9.99. The Balaban J connectivity index is 1.15. The zero-order valence-corrected chi connectivity index (χ0v) is 20.9. The van der Waals surface area contributed by atoms with Gasteiger partial charge in [-0.1, -0.05) is 35.5 Å². The molecule has 37 heavy (non-hydrogen) atoms. The maximum absolute atomic E-state index is 13.4. The van der Waals surface area contributed by atoms with Crippen molar-refractivity contribution in [2.45, 2.75) is 31.3 Å². The van der Waals surface area contributed by atoms with Gasteiger partial charge in [0.15, 0.2) is 5.69 Å². The third-order valence-corrected chi connectivity index (χ3v) is 7.64. The molecule has 0 unspecified atom stereocenters. The number of hydrogen-bond acceptors (Lipinski definition) is 7. The Morgan fingerprint density at radius 3 is 2.68 bits per heavy atom. The van der Waals surface area contributed by atoms with E-state index in [9.17, 15) is 9.59 Å². The summed E-state index contributed by atoms with van der Waals surface area (Å²) in [6.07, 6.45) is 2.85. The van der Waals surface area contributed by atoms with Gasteiger partial charge in [-0.15, -0.1) is 0 Å². The van der Waals surface area contributed by atoms with Gasteiger partial charge in [0, 0.05) is 57.4 Å². The van der Waals surface area contributed by atoms with Crippen molar-refractivity contribution >= 4 is 23.2 Å². The molecule has 2 amide bonds. The van der Waals surface area contributed by atoms with E-state index in [0.29, 0.717) is 29.7 Å². The van der Waals surface area contributed by atoms with Gasteiger partial charge < -0.3 is 29.3 Å². The number of likely N-dealkylation sites (N-methyl/N-ethyl adjacent to an activating group) is 1. The van der Waals surface area contributed by atoms with Crippen molar-refractivity contribution in [3.8, 4) is 5.75 Å². The summed E-state index contributed by atoms with van der Waals surface area (Å²) in [5.74, 6) is 0.502. The number of nitrogens with zero attached hydrogens (tertiary/aromatic N) is 4. The Kier molecular flexibility index (Phi) is 6.30. The van der Waals surface area contributed by atoms with Crippen LogP contribution in [0.2, 0.25) is 0 Å². The molecule has 0 spiro atoms. The number of ether oxygens (including phenoxy) is 1. The monoisotopic (exact) mass is 501 g/mol. The number of rotatable bonds is 5. The van der Waals surface area contributed by atoms with Crippen molar-refractivity contribution in [2.24, 2.45) is 0 Å². The van der Waals surface area contributed by atoms with Crippen LogP contribution in [0.1, 0.15) is 34.7 Å². The van der Waals surface area contributed by atoms with Gasteiger partial charge in [0.2, 0.25) is 0 Å². The third kappa shape index (κ3) is 4.79. The summed E-state index contributed by atoms with van der Waals surface area (Å²) >= 11 is 0. The zero-order chi connectivity index (χ0) is 25.4. The molecule has 5 heterocycles. The smallest absolute Gasteiger partial charge is 0.274 e. The van der Waals surface area contributed by atoms with Gasteiger partial charge >= 0.3 is 0 Å². The minimum Gasteiger partial charge on any atom is -0.489 e. The lowest BCUT2D eigenvalue weighted by atomic mass is 10.0. The molecule has 2 bridgehead atoms. The fourth-order valence-electron chi connectivity index (χ4n) is 5.53. The summed E-state index contributed by atoms with van der Waals surface area (Å²) in [4.78, 5) is 32.8. The van der Waals surface area contributed by atoms with Crippen molar-refractivity contribution in [1.29, 1.82) is 0 Å². The first-order chi connectivity index (χ1) is 18.0. The number of amides is 2. The summed E-state index contributed by atoms with van der Waals surface area (Å²) in [6.45, 7) is 4.37. The molecule has 1 atom stereocenters. The van der Waals surface area contributed by atoms with E-state index in [2.05, 4.69) is 26.3 Å². The van der Waals surface area contributed by atoms with Gasteiger partial charge in [-0.25, -0.2) is 0 Å². The predicted molar refractivity (Wildman–Crippen MR) is 139 cm³/mol. The number of aromatic nitrogens is 1. The Bertz CT molecular complexity index is 1280. The third-order valence-electron chi connectivity index (χ3n) is 7.64. The second kappa shape index (κ2) is 9.89. The molecule has 0 aliphatic carbocycles. The van der Waals surface area contributed by atoms with Crippen LogP contribution in [0, 0.1) is 0 Å². The van der Waals surface area contributed by atoms with Crippen molar-refractivity contribution in [2.75, 3.05) is 49.6 Å². The summed E-state index contributed by atoms with van der Waals surface area (Å²) in [5.41, 5.74) is 3.01. The highest BCUT2D eigenvalue weighted by molar-refractivity contribution is 6.03. The van der Waals surface area contributed by atoms with Gasteiger partial charge in [0.1, 0.15) is 24.2 Å². The van der Waals surface area contributed by atoms with E-state index in [0.717, 1.165) is 50.3 Å². The van der Waals surface area contributed by atoms with Gasteiger partial charge in [0.25, 0.3) is 11.8 Å². The number of anilines is 2. The quantitative estimate of drug-likeness (QED) is 0.575. The van der Waals surface area contributed by atoms with Gasteiger partial charge in [-0.3, -0.25) is 9.59 Å². The topological polar surface area (TPSA) is 91.1 Å². The van der Waals surface area contributed by atoms with Crippen LogP contribution < -0.4 is 19.9 Å². The molecule has 3 aromatic rings. The zero-order valence-electron chi connectivity index (χ0n) is 20.9. The molecule has 3 fully saturated rings. The Labute approximate surface area is 216 Å². The highest BCUT2D eigenvalue weighted by Crippen LogP contribution is 2.36. The lowest BCUT2D eigenvalue weighted by Crippen LogP contribution is -2.49. The maximum Gasteiger partial charge on any atom is 0.274 e. The average Bonchev–Trinajstić information content (AvgIpc) is 3.12. The summed E-state index contributed by atoms with van der Waals surface area (Å²) in [7, 11) is 1.73. The molecule has 1 aromatic heterocycles. The fraction of sp³-hybridized carbons (Fsp3) is 0.393. The van der Waals surface area contributed by atoms with E-state index >= 15 is 0 Å². The lowest BCUT2D eigenvalue weighted by molar-refractivity contribution is -0.120. The summed E-state index contributed by atoms with van der Waals surface area (Å²) in [6, 6.07) is 17.2. The number of nitrogens with one attached hydrogen (secondary N) is 1. The van der Waals surface area contributed by atoms with E-state index in [1.807, 2.05) is 42.5 Å². The normalized spacial score (nSPS) is 23.2. The van der Waals surface area contributed by atoms with E-state index in [-0.39, 0.29) is 18.2 Å². The number of benzene rings is 2. The number of carbonyl (C=O) groups is 2. The standard InChI is InChI=1S/C28H31N5O4/c1-31-25-16-21(33-14-13-32-11-9-20(33)10-12-32)7-8-26(25)36-18-24(28(31)35)29-27(34)23-17-22(37-30-23)15-19-5-3-2-4-6-19/h2-8,16-17,20,24H,9-15,18H2,1H3,(H,29,34)/t24-/m1/s1. The van der Waals surface area contributed by atoms with Gasteiger partial charge in [-0.05, 0) is 36.6 Å². The number of fused-ring (bicyclic) bond motifs is 5. The molecule has 0 saturated carbocycles. The molecule has 0 radical (unpaired) electrons. The Hall–Kier alpha value is -3.85. The molecular formula is C28H31N5O4. The number of carbonyl (C=O) groups excluding carboxylic acids is 2. The van der Waals surface area contributed by atoms with E-state index < -0.39 is 11.9 Å². The molecule has 3 saturated heterocycles. The Morgan fingerprint density at radius 2 is 1.86 bits per heavy atom. The molecule has 4 aliphatic rings. The fourth-order valence-corrected chi connectivity index (χ4v) is 5.53. The molecule has 192 valence electrons. The predicted octanol–water partition coefficient (Wildman–Crippen LogP) is 2.70. The highest BCUT2D eigenvalue weighted by Gasteiger charge is 2.33. The molecule has 2 aromatic carbocycles. The van der Waals surface area contributed by atoms with Crippen molar-refractivity contribution in [3.63, 3.8) is 0 Å². The van der Waals surface area contributed by atoms with Crippen LogP contribution in [0.5, 0.6) is 5.75 Å².